The smallest absolute Gasteiger partial charge is 0.258 e. The second kappa shape index (κ2) is 10.2. The highest BCUT2D eigenvalue weighted by atomic mass is 16.2. The molecule has 1 fully saturated rings. The quantitative estimate of drug-likeness (QED) is 0.417. The summed E-state index contributed by atoms with van der Waals surface area (Å²) in [5.41, 5.74) is 4.68. The molecule has 3 aromatic rings. The zero-order chi connectivity index (χ0) is 23.5. The molecule has 0 spiro atoms. The molecule has 2 aliphatic rings. The minimum absolute atomic E-state index is 0.166. The summed E-state index contributed by atoms with van der Waals surface area (Å²) in [6.45, 7) is 10.7. The molecule has 1 saturated heterocycles. The average molecular weight is 456 g/mol. The van der Waals surface area contributed by atoms with Crippen LogP contribution >= 0.6 is 0 Å². The van der Waals surface area contributed by atoms with Gasteiger partial charge in [0.2, 0.25) is 0 Å². The van der Waals surface area contributed by atoms with E-state index >= 15 is 0 Å². The fraction of sp³-hybridized carbons (Fsp3) is 0.433. The van der Waals surface area contributed by atoms with E-state index in [1.165, 1.54) is 29.5 Å². The minimum Gasteiger partial charge on any atom is -0.370 e. The van der Waals surface area contributed by atoms with Crippen LogP contribution in [-0.2, 0) is 6.42 Å². The van der Waals surface area contributed by atoms with Crippen LogP contribution in [0, 0.1) is 5.92 Å². The Morgan fingerprint density at radius 3 is 2.47 bits per heavy atom. The Balaban J connectivity index is 1.29. The molecule has 0 saturated carbocycles. The third-order valence-electron chi connectivity index (χ3n) is 7.40. The number of rotatable bonds is 8. The summed E-state index contributed by atoms with van der Waals surface area (Å²) in [7, 11) is 0. The summed E-state index contributed by atoms with van der Waals surface area (Å²) in [5, 5.41) is 2.38. The van der Waals surface area contributed by atoms with E-state index < -0.39 is 0 Å². The summed E-state index contributed by atoms with van der Waals surface area (Å²) < 4.78 is 0. The lowest BCUT2D eigenvalue weighted by molar-refractivity contribution is 0.0992. The second-order valence-electron chi connectivity index (χ2n) is 10.2. The molecule has 0 bridgehead atoms. The van der Waals surface area contributed by atoms with Gasteiger partial charge in [-0.2, -0.15) is 0 Å². The number of carbonyl (C=O) groups excluding carboxylic acids is 1. The molecule has 0 N–H and O–H groups in total. The van der Waals surface area contributed by atoms with Gasteiger partial charge in [-0.1, -0.05) is 56.3 Å². The number of hydrogen-bond donors (Lipinski definition) is 0. The molecule has 0 atom stereocenters. The number of benzene rings is 3. The SMILES string of the molecule is CC(C)CCN1C(=O)c2cccc3c(N4CCCN(CCCc5ccccc5)CC4)ccc1c23. The lowest BCUT2D eigenvalue weighted by atomic mass is 10.0. The Hall–Kier alpha value is -2.85. The standard InChI is InChI=1S/C30H37N3O/c1-23(2)16-20-33-28-15-14-27(25-12-6-13-26(29(25)28)30(33)34)32-19-8-18-31(21-22-32)17-7-11-24-9-4-3-5-10-24/h3-6,9-10,12-15,23H,7-8,11,16-22H2,1-2H3. The highest BCUT2D eigenvalue weighted by Crippen LogP contribution is 2.42. The van der Waals surface area contributed by atoms with E-state index in [1.54, 1.807) is 0 Å². The molecule has 0 unspecified atom stereocenters. The van der Waals surface area contributed by atoms with Gasteiger partial charge in [0.1, 0.15) is 0 Å². The summed E-state index contributed by atoms with van der Waals surface area (Å²) in [6, 6.07) is 21.5. The maximum absolute atomic E-state index is 13.2. The van der Waals surface area contributed by atoms with Crippen molar-refractivity contribution in [1.29, 1.82) is 0 Å². The molecule has 178 valence electrons. The molecule has 0 radical (unpaired) electrons. The molecular formula is C30H37N3O. The monoisotopic (exact) mass is 455 g/mol. The lowest BCUT2D eigenvalue weighted by Crippen LogP contribution is -2.31. The number of carbonyl (C=O) groups is 1. The van der Waals surface area contributed by atoms with Gasteiger partial charge in [-0.3, -0.25) is 4.79 Å². The van der Waals surface area contributed by atoms with Gasteiger partial charge < -0.3 is 14.7 Å². The first-order valence-corrected chi connectivity index (χ1v) is 13.0. The van der Waals surface area contributed by atoms with Crippen molar-refractivity contribution in [2.24, 2.45) is 5.92 Å². The molecule has 4 heteroatoms. The molecular weight excluding hydrogens is 418 g/mol. The second-order valence-corrected chi connectivity index (χ2v) is 10.2. The van der Waals surface area contributed by atoms with Crippen molar-refractivity contribution in [3.05, 3.63) is 71.8 Å². The molecule has 5 rings (SSSR count). The van der Waals surface area contributed by atoms with Crippen LogP contribution < -0.4 is 9.80 Å². The Morgan fingerprint density at radius 1 is 0.824 bits per heavy atom. The van der Waals surface area contributed by atoms with Gasteiger partial charge in [-0.25, -0.2) is 0 Å². The van der Waals surface area contributed by atoms with Gasteiger partial charge in [0.15, 0.2) is 0 Å². The van der Waals surface area contributed by atoms with Gasteiger partial charge in [-0.05, 0) is 68.5 Å². The van der Waals surface area contributed by atoms with E-state index in [9.17, 15) is 4.79 Å². The van der Waals surface area contributed by atoms with Crippen LogP contribution in [0.5, 0.6) is 0 Å². The largest absolute Gasteiger partial charge is 0.370 e. The maximum atomic E-state index is 13.2. The van der Waals surface area contributed by atoms with Gasteiger partial charge in [0.05, 0.1) is 5.69 Å². The number of aryl methyl sites for hydroxylation is 1. The third kappa shape index (κ3) is 4.69. The van der Waals surface area contributed by atoms with E-state index in [0.717, 1.165) is 68.7 Å². The highest BCUT2D eigenvalue weighted by Gasteiger charge is 2.31. The van der Waals surface area contributed by atoms with Gasteiger partial charge in [0, 0.05) is 48.2 Å². The average Bonchev–Trinajstić information content (AvgIpc) is 2.98. The van der Waals surface area contributed by atoms with Gasteiger partial charge in [0.25, 0.3) is 5.91 Å². The van der Waals surface area contributed by atoms with Crippen LogP contribution in [0.15, 0.2) is 60.7 Å². The topological polar surface area (TPSA) is 26.8 Å². The van der Waals surface area contributed by atoms with Crippen LogP contribution in [0.25, 0.3) is 10.8 Å². The number of nitrogens with zero attached hydrogens (tertiary/aromatic N) is 3. The molecule has 4 nitrogen and oxygen atoms in total. The van der Waals surface area contributed by atoms with Crippen LogP contribution in [0.2, 0.25) is 0 Å². The van der Waals surface area contributed by atoms with Crippen molar-refractivity contribution in [3.63, 3.8) is 0 Å². The first kappa shape index (κ1) is 22.9. The molecule has 0 aromatic heterocycles. The highest BCUT2D eigenvalue weighted by molar-refractivity contribution is 6.26. The van der Waals surface area contributed by atoms with Crippen molar-refractivity contribution in [3.8, 4) is 0 Å². The van der Waals surface area contributed by atoms with Crippen LogP contribution in [0.1, 0.15) is 49.0 Å². The van der Waals surface area contributed by atoms with Crippen molar-refractivity contribution >= 4 is 28.1 Å². The number of hydrogen-bond acceptors (Lipinski definition) is 3. The Bertz CT molecular complexity index is 1140. The molecule has 1 amide bonds. The number of anilines is 2. The van der Waals surface area contributed by atoms with Crippen LogP contribution in [-0.4, -0.2) is 50.1 Å². The van der Waals surface area contributed by atoms with Crippen LogP contribution in [0.4, 0.5) is 11.4 Å². The Labute approximate surface area is 204 Å². The summed E-state index contributed by atoms with van der Waals surface area (Å²) >= 11 is 0. The Kier molecular flexibility index (Phi) is 6.87. The van der Waals surface area contributed by atoms with Gasteiger partial charge >= 0.3 is 0 Å². The molecule has 3 aromatic carbocycles. The summed E-state index contributed by atoms with van der Waals surface area (Å²) in [6.07, 6.45) is 4.56. The minimum atomic E-state index is 0.166. The fourth-order valence-corrected chi connectivity index (χ4v) is 5.50. The predicted octanol–water partition coefficient (Wildman–Crippen LogP) is 5.99. The molecule has 2 heterocycles. The van der Waals surface area contributed by atoms with Crippen LogP contribution in [0.3, 0.4) is 0 Å². The normalized spacial score (nSPS) is 16.6. The zero-order valence-corrected chi connectivity index (χ0v) is 20.7. The summed E-state index contributed by atoms with van der Waals surface area (Å²) in [5.74, 6) is 0.748. The maximum Gasteiger partial charge on any atom is 0.258 e. The molecule has 2 aliphatic heterocycles. The van der Waals surface area contributed by atoms with E-state index in [2.05, 4.69) is 78.2 Å². The first-order chi connectivity index (χ1) is 16.6. The van der Waals surface area contributed by atoms with Crippen molar-refractivity contribution in [2.75, 3.05) is 49.1 Å². The Morgan fingerprint density at radius 2 is 1.65 bits per heavy atom. The first-order valence-electron chi connectivity index (χ1n) is 13.0. The van der Waals surface area contributed by atoms with E-state index in [0.29, 0.717) is 5.92 Å². The van der Waals surface area contributed by atoms with E-state index in [1.807, 2.05) is 11.0 Å². The van der Waals surface area contributed by atoms with Crippen molar-refractivity contribution < 1.29 is 4.79 Å². The summed E-state index contributed by atoms with van der Waals surface area (Å²) in [4.78, 5) is 20.4. The lowest BCUT2D eigenvalue weighted by Gasteiger charge is -2.26. The molecule has 0 aliphatic carbocycles. The van der Waals surface area contributed by atoms with Crippen molar-refractivity contribution in [2.45, 2.75) is 39.5 Å². The fourth-order valence-electron chi connectivity index (χ4n) is 5.50. The van der Waals surface area contributed by atoms with Gasteiger partial charge in [-0.15, -0.1) is 0 Å². The molecule has 34 heavy (non-hydrogen) atoms. The van der Waals surface area contributed by atoms with E-state index in [-0.39, 0.29) is 5.91 Å². The number of amides is 1. The third-order valence-corrected chi connectivity index (χ3v) is 7.40. The van der Waals surface area contributed by atoms with E-state index in [4.69, 9.17) is 0 Å². The predicted molar refractivity (Wildman–Crippen MR) is 143 cm³/mol. The zero-order valence-electron chi connectivity index (χ0n) is 20.7. The van der Waals surface area contributed by atoms with Crippen molar-refractivity contribution in [1.82, 2.24) is 4.90 Å².